The Kier molecular flexibility index (Phi) is 4.34. The van der Waals surface area contributed by atoms with Gasteiger partial charge in [0.25, 0.3) is 5.91 Å². The molecule has 1 aromatic heterocycles. The fraction of sp³-hybridized carbons (Fsp3) is 0.250. The Morgan fingerprint density at radius 3 is 2.89 bits per heavy atom. The lowest BCUT2D eigenvalue weighted by Crippen LogP contribution is -2.14. The third kappa shape index (κ3) is 3.42. The summed E-state index contributed by atoms with van der Waals surface area (Å²) in [5.41, 5.74) is 1.23. The van der Waals surface area contributed by atoms with Gasteiger partial charge in [-0.25, -0.2) is 4.98 Å². The van der Waals surface area contributed by atoms with Gasteiger partial charge in [-0.1, -0.05) is 11.6 Å². The average molecular weight is 297 g/mol. The van der Waals surface area contributed by atoms with Gasteiger partial charge in [0.05, 0.1) is 5.56 Å². The van der Waals surface area contributed by atoms with E-state index in [1.807, 2.05) is 6.92 Å². The van der Waals surface area contributed by atoms with Crippen LogP contribution < -0.4 is 10.6 Å². The fourth-order valence-corrected chi connectivity index (χ4v) is 2.30. The minimum absolute atomic E-state index is 0.255. The molecule has 1 amide bonds. The van der Waals surface area contributed by atoms with Crippen LogP contribution in [-0.4, -0.2) is 21.8 Å². The minimum atomic E-state index is -0.255. The molecule has 0 radical (unpaired) electrons. The van der Waals surface area contributed by atoms with Crippen molar-refractivity contribution >= 4 is 39.9 Å². The number of anilines is 2. The van der Waals surface area contributed by atoms with E-state index in [1.165, 1.54) is 0 Å². The highest BCUT2D eigenvalue weighted by atomic mass is 35.5. The molecule has 0 aliphatic heterocycles. The molecular weight excluding hydrogens is 284 g/mol. The highest BCUT2D eigenvalue weighted by Crippen LogP contribution is 2.22. The van der Waals surface area contributed by atoms with E-state index in [1.54, 1.807) is 25.1 Å². The Morgan fingerprint density at radius 1 is 1.47 bits per heavy atom. The average Bonchev–Trinajstić information content (AvgIpc) is 2.77. The predicted molar refractivity (Wildman–Crippen MR) is 78.2 cm³/mol. The van der Waals surface area contributed by atoms with E-state index in [2.05, 4.69) is 20.0 Å². The maximum absolute atomic E-state index is 12.2. The monoisotopic (exact) mass is 296 g/mol. The van der Waals surface area contributed by atoms with E-state index in [9.17, 15) is 4.79 Å². The van der Waals surface area contributed by atoms with Crippen LogP contribution in [0.4, 0.5) is 10.8 Å². The summed E-state index contributed by atoms with van der Waals surface area (Å²) in [6, 6.07) is 5.15. The zero-order chi connectivity index (χ0) is 13.8. The second kappa shape index (κ2) is 5.99. The van der Waals surface area contributed by atoms with Crippen molar-refractivity contribution in [2.45, 2.75) is 13.8 Å². The van der Waals surface area contributed by atoms with E-state index in [0.29, 0.717) is 21.5 Å². The van der Waals surface area contributed by atoms with Crippen LogP contribution in [0.15, 0.2) is 18.2 Å². The number of nitrogens with zero attached hydrogens (tertiary/aromatic N) is 2. The van der Waals surface area contributed by atoms with Crippen molar-refractivity contribution in [3.63, 3.8) is 0 Å². The van der Waals surface area contributed by atoms with Gasteiger partial charge in [0.1, 0.15) is 5.82 Å². The van der Waals surface area contributed by atoms with Crippen LogP contribution in [0.5, 0.6) is 0 Å². The van der Waals surface area contributed by atoms with Crippen LogP contribution >= 0.6 is 23.1 Å². The van der Waals surface area contributed by atoms with Crippen molar-refractivity contribution in [2.75, 3.05) is 17.2 Å². The molecule has 2 rings (SSSR count). The molecule has 2 aromatic rings. The van der Waals surface area contributed by atoms with Gasteiger partial charge in [-0.15, -0.1) is 0 Å². The first-order valence-corrected chi connectivity index (χ1v) is 6.90. The van der Waals surface area contributed by atoms with E-state index in [4.69, 9.17) is 11.6 Å². The quantitative estimate of drug-likeness (QED) is 0.909. The molecule has 0 aliphatic rings. The predicted octanol–water partition coefficient (Wildman–Crippen LogP) is 3.18. The van der Waals surface area contributed by atoms with Crippen molar-refractivity contribution in [2.24, 2.45) is 0 Å². The second-order valence-corrected chi connectivity index (χ2v) is 5.01. The number of rotatable bonds is 4. The van der Waals surface area contributed by atoms with Crippen LogP contribution in [0, 0.1) is 6.92 Å². The van der Waals surface area contributed by atoms with Crippen molar-refractivity contribution in [3.05, 3.63) is 34.6 Å². The molecule has 0 bridgehead atoms. The number of hydrogen-bond acceptors (Lipinski definition) is 5. The van der Waals surface area contributed by atoms with Crippen molar-refractivity contribution in [3.8, 4) is 0 Å². The van der Waals surface area contributed by atoms with Crippen molar-refractivity contribution in [1.82, 2.24) is 9.36 Å². The molecule has 0 saturated carbocycles. The van der Waals surface area contributed by atoms with Crippen LogP contribution in [0.1, 0.15) is 23.1 Å². The fourth-order valence-electron chi connectivity index (χ4n) is 1.56. The summed E-state index contributed by atoms with van der Waals surface area (Å²) in [6.45, 7) is 4.46. The third-order valence-corrected chi connectivity index (χ3v) is 3.30. The zero-order valence-electron chi connectivity index (χ0n) is 10.5. The van der Waals surface area contributed by atoms with Gasteiger partial charge < -0.3 is 5.32 Å². The number of aromatic nitrogens is 2. The summed E-state index contributed by atoms with van der Waals surface area (Å²) >= 11 is 7.08. The van der Waals surface area contributed by atoms with Crippen LogP contribution in [-0.2, 0) is 0 Å². The van der Waals surface area contributed by atoms with Gasteiger partial charge >= 0.3 is 0 Å². The zero-order valence-corrected chi connectivity index (χ0v) is 12.1. The Morgan fingerprint density at radius 2 is 2.26 bits per heavy atom. The number of benzene rings is 1. The summed E-state index contributed by atoms with van der Waals surface area (Å²) < 4.78 is 4.01. The van der Waals surface area contributed by atoms with Gasteiger partial charge in [-0.2, -0.15) is 4.37 Å². The molecule has 100 valence electrons. The minimum Gasteiger partial charge on any atom is -0.385 e. The molecule has 5 nitrogen and oxygen atoms in total. The van der Waals surface area contributed by atoms with Crippen molar-refractivity contribution < 1.29 is 4.79 Å². The molecule has 0 unspecified atom stereocenters. The lowest BCUT2D eigenvalue weighted by Gasteiger charge is -2.10. The standard InChI is InChI=1S/C12H13ClN4OS/c1-3-14-10-5-4-8(13)6-9(10)11(18)16-12-15-7(2)17-19-12/h4-6,14H,3H2,1-2H3,(H,15,16,17,18). The number of halogens is 1. The van der Waals surface area contributed by atoms with Gasteiger partial charge in [0.2, 0.25) is 5.13 Å². The molecule has 0 fully saturated rings. The first kappa shape index (κ1) is 13.8. The highest BCUT2D eigenvalue weighted by Gasteiger charge is 2.13. The number of hydrogen-bond donors (Lipinski definition) is 2. The molecule has 0 saturated heterocycles. The Balaban J connectivity index is 2.24. The number of aryl methyl sites for hydroxylation is 1. The maximum atomic E-state index is 12.2. The lowest BCUT2D eigenvalue weighted by atomic mass is 10.1. The lowest BCUT2D eigenvalue weighted by molar-refractivity contribution is 0.102. The van der Waals surface area contributed by atoms with Gasteiger partial charge in [0.15, 0.2) is 0 Å². The second-order valence-electron chi connectivity index (χ2n) is 3.82. The smallest absolute Gasteiger partial charge is 0.259 e. The third-order valence-electron chi connectivity index (χ3n) is 2.34. The van der Waals surface area contributed by atoms with E-state index >= 15 is 0 Å². The first-order chi connectivity index (χ1) is 9.10. The van der Waals surface area contributed by atoms with Gasteiger partial charge in [-0.05, 0) is 32.0 Å². The molecule has 2 N–H and O–H groups in total. The van der Waals surface area contributed by atoms with Crippen LogP contribution in [0.3, 0.4) is 0 Å². The normalized spacial score (nSPS) is 10.3. The first-order valence-electron chi connectivity index (χ1n) is 5.75. The molecular formula is C12H13ClN4OS. The summed E-state index contributed by atoms with van der Waals surface area (Å²) in [5.74, 6) is 0.382. The number of amides is 1. The van der Waals surface area contributed by atoms with Crippen molar-refractivity contribution in [1.29, 1.82) is 0 Å². The molecule has 1 heterocycles. The summed E-state index contributed by atoms with van der Waals surface area (Å²) in [6.07, 6.45) is 0. The molecule has 0 atom stereocenters. The number of nitrogens with one attached hydrogen (secondary N) is 2. The summed E-state index contributed by atoms with van der Waals surface area (Å²) in [5, 5.41) is 6.83. The van der Waals surface area contributed by atoms with E-state index in [-0.39, 0.29) is 5.91 Å². The van der Waals surface area contributed by atoms with Crippen LogP contribution in [0.2, 0.25) is 5.02 Å². The molecule has 19 heavy (non-hydrogen) atoms. The Hall–Kier alpha value is -1.66. The largest absolute Gasteiger partial charge is 0.385 e. The molecule has 0 spiro atoms. The highest BCUT2D eigenvalue weighted by molar-refractivity contribution is 7.09. The summed E-state index contributed by atoms with van der Waals surface area (Å²) in [7, 11) is 0. The summed E-state index contributed by atoms with van der Waals surface area (Å²) in [4.78, 5) is 16.3. The number of carbonyl (C=O) groups is 1. The van der Waals surface area contributed by atoms with Gasteiger partial charge in [0, 0.05) is 28.8 Å². The Bertz CT molecular complexity index is 599. The number of carbonyl (C=O) groups excluding carboxylic acids is 1. The van der Waals surface area contributed by atoms with Crippen LogP contribution in [0.25, 0.3) is 0 Å². The molecule has 0 aliphatic carbocycles. The SMILES string of the molecule is CCNc1ccc(Cl)cc1C(=O)Nc1nc(C)ns1. The topological polar surface area (TPSA) is 66.9 Å². The molecule has 7 heteroatoms. The van der Waals surface area contributed by atoms with Gasteiger partial charge in [-0.3, -0.25) is 10.1 Å². The van der Waals surface area contributed by atoms with E-state index in [0.717, 1.165) is 23.8 Å². The maximum Gasteiger partial charge on any atom is 0.259 e. The molecule has 1 aromatic carbocycles. The Labute approximate surface area is 120 Å². The van der Waals surface area contributed by atoms with E-state index < -0.39 is 0 Å².